The van der Waals surface area contributed by atoms with Crippen LogP contribution in [0.2, 0.25) is 0 Å². The molecule has 2 aromatic rings. The van der Waals surface area contributed by atoms with Crippen LogP contribution in [0.1, 0.15) is 24.8 Å². The summed E-state index contributed by atoms with van der Waals surface area (Å²) in [7, 11) is -3.64. The van der Waals surface area contributed by atoms with Gasteiger partial charge in [-0.2, -0.15) is 0 Å². The number of benzene rings is 2. The molecule has 0 unspecified atom stereocenters. The minimum absolute atomic E-state index is 0.00997. The first kappa shape index (κ1) is 19.4. The number of carbonyl (C=O) groups excluding carboxylic acids is 1. The number of carbonyl (C=O) groups is 1. The molecule has 3 rings (SSSR count). The zero-order chi connectivity index (χ0) is 19.4. The Balaban J connectivity index is 1.68. The van der Waals surface area contributed by atoms with Crippen LogP contribution in [0.5, 0.6) is 0 Å². The SMILES string of the molecule is CS(=O)(=O)N(CCCC(=O)N1CCCc2ccccc21)c1ccccc1F. The van der Waals surface area contributed by atoms with E-state index in [-0.39, 0.29) is 24.6 Å². The zero-order valence-electron chi connectivity index (χ0n) is 15.3. The van der Waals surface area contributed by atoms with Crippen molar-refractivity contribution in [1.82, 2.24) is 0 Å². The first-order valence-electron chi connectivity index (χ1n) is 8.98. The third kappa shape index (κ3) is 4.47. The molecule has 0 saturated carbocycles. The summed E-state index contributed by atoms with van der Waals surface area (Å²) in [5.74, 6) is -0.636. The van der Waals surface area contributed by atoms with Crippen molar-refractivity contribution in [2.45, 2.75) is 25.7 Å². The van der Waals surface area contributed by atoms with Crippen molar-refractivity contribution < 1.29 is 17.6 Å². The summed E-state index contributed by atoms with van der Waals surface area (Å²) in [5, 5.41) is 0. The number of hydrogen-bond acceptors (Lipinski definition) is 3. The Hall–Kier alpha value is -2.41. The summed E-state index contributed by atoms with van der Waals surface area (Å²) in [6, 6.07) is 13.6. The van der Waals surface area contributed by atoms with Crippen molar-refractivity contribution in [2.24, 2.45) is 0 Å². The molecule has 1 aliphatic heterocycles. The van der Waals surface area contributed by atoms with Gasteiger partial charge in [0.05, 0.1) is 11.9 Å². The summed E-state index contributed by atoms with van der Waals surface area (Å²) >= 11 is 0. The van der Waals surface area contributed by atoms with Gasteiger partial charge >= 0.3 is 0 Å². The molecule has 0 spiro atoms. The molecular weight excluding hydrogens is 367 g/mol. The normalized spacial score (nSPS) is 13.9. The first-order valence-corrected chi connectivity index (χ1v) is 10.8. The fourth-order valence-electron chi connectivity index (χ4n) is 3.42. The van der Waals surface area contributed by atoms with Gasteiger partial charge in [-0.15, -0.1) is 0 Å². The van der Waals surface area contributed by atoms with Crippen LogP contribution in [0.4, 0.5) is 15.8 Å². The van der Waals surface area contributed by atoms with E-state index in [0.29, 0.717) is 13.0 Å². The molecule has 27 heavy (non-hydrogen) atoms. The molecule has 144 valence electrons. The van der Waals surface area contributed by atoms with Gasteiger partial charge < -0.3 is 4.90 Å². The lowest BCUT2D eigenvalue weighted by Gasteiger charge is -2.30. The topological polar surface area (TPSA) is 57.7 Å². The summed E-state index contributed by atoms with van der Waals surface area (Å²) < 4.78 is 39.2. The maximum Gasteiger partial charge on any atom is 0.232 e. The number of amides is 1. The summed E-state index contributed by atoms with van der Waals surface area (Å²) in [5.41, 5.74) is 2.10. The minimum atomic E-state index is -3.64. The van der Waals surface area contributed by atoms with E-state index in [2.05, 4.69) is 0 Å². The molecule has 1 heterocycles. The van der Waals surface area contributed by atoms with Crippen LogP contribution >= 0.6 is 0 Å². The lowest BCUT2D eigenvalue weighted by atomic mass is 10.0. The predicted molar refractivity (Wildman–Crippen MR) is 105 cm³/mol. The van der Waals surface area contributed by atoms with Crippen LogP contribution in [0.3, 0.4) is 0 Å². The number of aryl methyl sites for hydroxylation is 1. The van der Waals surface area contributed by atoms with Gasteiger partial charge in [-0.05, 0) is 43.0 Å². The van der Waals surface area contributed by atoms with Crippen molar-refractivity contribution in [3.8, 4) is 0 Å². The van der Waals surface area contributed by atoms with Crippen molar-refractivity contribution >= 4 is 27.3 Å². The number of hydrogen-bond donors (Lipinski definition) is 0. The molecule has 0 radical (unpaired) electrons. The van der Waals surface area contributed by atoms with E-state index in [1.807, 2.05) is 24.3 Å². The van der Waals surface area contributed by atoms with Crippen LogP contribution in [-0.2, 0) is 21.2 Å². The highest BCUT2D eigenvalue weighted by Gasteiger charge is 2.24. The van der Waals surface area contributed by atoms with E-state index >= 15 is 0 Å². The quantitative estimate of drug-likeness (QED) is 0.760. The molecule has 0 atom stereocenters. The maximum absolute atomic E-state index is 14.0. The van der Waals surface area contributed by atoms with Crippen LogP contribution < -0.4 is 9.21 Å². The predicted octanol–water partition coefficient (Wildman–Crippen LogP) is 3.35. The lowest BCUT2D eigenvalue weighted by Crippen LogP contribution is -2.36. The molecule has 1 aliphatic rings. The van der Waals surface area contributed by atoms with Crippen molar-refractivity contribution in [3.05, 3.63) is 59.9 Å². The Morgan fingerprint density at radius 3 is 2.59 bits per heavy atom. The highest BCUT2D eigenvalue weighted by molar-refractivity contribution is 7.92. The van der Waals surface area contributed by atoms with E-state index < -0.39 is 15.8 Å². The zero-order valence-corrected chi connectivity index (χ0v) is 16.1. The Bertz CT molecular complexity index is 930. The van der Waals surface area contributed by atoms with Crippen LogP contribution in [0.15, 0.2) is 48.5 Å². The van der Waals surface area contributed by atoms with Gasteiger partial charge in [-0.3, -0.25) is 9.10 Å². The van der Waals surface area contributed by atoms with Gasteiger partial charge in [0.2, 0.25) is 15.9 Å². The minimum Gasteiger partial charge on any atom is -0.312 e. The Morgan fingerprint density at radius 2 is 1.85 bits per heavy atom. The van der Waals surface area contributed by atoms with E-state index in [1.165, 1.54) is 18.2 Å². The highest BCUT2D eigenvalue weighted by Crippen LogP contribution is 2.28. The molecule has 7 heteroatoms. The van der Waals surface area contributed by atoms with E-state index in [9.17, 15) is 17.6 Å². The molecular formula is C20H23FN2O3S. The van der Waals surface area contributed by atoms with Crippen LogP contribution in [-0.4, -0.2) is 33.7 Å². The highest BCUT2D eigenvalue weighted by atomic mass is 32.2. The van der Waals surface area contributed by atoms with Crippen molar-refractivity contribution in [1.29, 1.82) is 0 Å². The molecule has 0 N–H and O–H groups in total. The molecule has 2 aromatic carbocycles. The van der Waals surface area contributed by atoms with Gasteiger partial charge in [0, 0.05) is 25.2 Å². The van der Waals surface area contributed by atoms with Crippen LogP contribution in [0.25, 0.3) is 0 Å². The summed E-state index contributed by atoms with van der Waals surface area (Å²) in [6.45, 7) is 0.722. The monoisotopic (exact) mass is 390 g/mol. The van der Waals surface area contributed by atoms with Crippen molar-refractivity contribution in [2.75, 3.05) is 28.6 Å². The first-order chi connectivity index (χ1) is 12.9. The second-order valence-electron chi connectivity index (χ2n) is 6.67. The standard InChI is InChI=1S/C20H23FN2O3S/c1-27(25,26)23(19-12-5-3-10-17(19)21)15-7-13-20(24)22-14-6-9-16-8-2-4-11-18(16)22/h2-5,8,10-12H,6-7,9,13-15H2,1H3. The number of anilines is 2. The third-order valence-corrected chi connectivity index (χ3v) is 5.86. The molecule has 0 aliphatic carbocycles. The number of halogens is 1. The maximum atomic E-state index is 14.0. The van der Waals surface area contributed by atoms with Gasteiger partial charge in [0.1, 0.15) is 5.82 Å². The smallest absolute Gasteiger partial charge is 0.232 e. The molecule has 1 amide bonds. The average molecular weight is 390 g/mol. The number of nitrogens with zero attached hydrogens (tertiary/aromatic N) is 2. The summed E-state index contributed by atoms with van der Waals surface area (Å²) in [4.78, 5) is 14.4. The second-order valence-corrected chi connectivity index (χ2v) is 8.57. The van der Waals surface area contributed by atoms with Gasteiger partial charge in [-0.25, -0.2) is 12.8 Å². The lowest BCUT2D eigenvalue weighted by molar-refractivity contribution is -0.118. The molecule has 0 fully saturated rings. The van der Waals surface area contributed by atoms with E-state index in [1.54, 1.807) is 11.0 Å². The number of rotatable bonds is 6. The number of fused-ring (bicyclic) bond motifs is 1. The van der Waals surface area contributed by atoms with Crippen molar-refractivity contribution in [3.63, 3.8) is 0 Å². The van der Waals surface area contributed by atoms with E-state index in [4.69, 9.17) is 0 Å². The second kappa shape index (κ2) is 8.08. The largest absolute Gasteiger partial charge is 0.312 e. The molecule has 0 saturated heterocycles. The fourth-order valence-corrected chi connectivity index (χ4v) is 4.39. The molecule has 0 bridgehead atoms. The average Bonchev–Trinajstić information content (AvgIpc) is 2.64. The number of para-hydroxylation sites is 2. The fraction of sp³-hybridized carbons (Fsp3) is 0.350. The molecule has 0 aromatic heterocycles. The van der Waals surface area contributed by atoms with Crippen LogP contribution in [0, 0.1) is 5.82 Å². The Labute approximate surface area is 159 Å². The van der Waals surface area contributed by atoms with Gasteiger partial charge in [0.25, 0.3) is 0 Å². The van der Waals surface area contributed by atoms with E-state index in [0.717, 1.165) is 34.7 Å². The Kier molecular flexibility index (Phi) is 5.79. The molecule has 5 nitrogen and oxygen atoms in total. The third-order valence-electron chi connectivity index (χ3n) is 4.68. The Morgan fingerprint density at radius 1 is 1.15 bits per heavy atom. The summed E-state index contributed by atoms with van der Waals surface area (Å²) in [6.07, 6.45) is 3.43. The van der Waals surface area contributed by atoms with Gasteiger partial charge in [0.15, 0.2) is 0 Å². The number of sulfonamides is 1. The van der Waals surface area contributed by atoms with Gasteiger partial charge in [-0.1, -0.05) is 30.3 Å².